The quantitative estimate of drug-likeness (QED) is 0.336. The number of ether oxygens (including phenoxy) is 1. The lowest BCUT2D eigenvalue weighted by atomic mass is 10.2. The first-order chi connectivity index (χ1) is 14.1. The van der Waals surface area contributed by atoms with Gasteiger partial charge in [0.1, 0.15) is 0 Å². The maximum Gasteiger partial charge on any atom is 0.338 e. The first-order valence-corrected chi connectivity index (χ1v) is 11.3. The number of esters is 1. The van der Waals surface area contributed by atoms with Crippen LogP contribution < -0.4 is 4.90 Å². The highest BCUT2D eigenvalue weighted by Gasteiger charge is 2.25. The zero-order valence-electron chi connectivity index (χ0n) is 15.5. The molecule has 1 aliphatic rings. The van der Waals surface area contributed by atoms with Crippen molar-refractivity contribution in [2.75, 3.05) is 24.3 Å². The second-order valence-corrected chi connectivity index (χ2v) is 8.97. The van der Waals surface area contributed by atoms with Crippen molar-refractivity contribution in [1.82, 2.24) is 9.78 Å². The number of carbonyl (C=O) groups excluding carboxylic acids is 2. The molecule has 0 unspecified atom stereocenters. The van der Waals surface area contributed by atoms with Crippen molar-refractivity contribution >= 4 is 52.9 Å². The fourth-order valence-corrected chi connectivity index (χ4v) is 4.91. The Hall–Kier alpha value is -2.49. The Morgan fingerprint density at radius 1 is 1.21 bits per heavy atom. The molecule has 9 heteroatoms. The average Bonchev–Trinajstić information content (AvgIpc) is 3.35. The van der Waals surface area contributed by atoms with E-state index in [4.69, 9.17) is 17.0 Å². The number of thioether (sulfide) groups is 1. The highest BCUT2D eigenvalue weighted by atomic mass is 32.2. The van der Waals surface area contributed by atoms with Crippen molar-refractivity contribution in [2.24, 2.45) is 0 Å². The van der Waals surface area contributed by atoms with Crippen molar-refractivity contribution in [2.45, 2.75) is 10.8 Å². The fourth-order valence-electron chi connectivity index (χ4n) is 3.13. The van der Waals surface area contributed by atoms with Gasteiger partial charge in [-0.15, -0.1) is 5.10 Å². The molecule has 0 fully saturated rings. The molecule has 6 nitrogen and oxygen atoms in total. The van der Waals surface area contributed by atoms with E-state index in [1.54, 1.807) is 33.8 Å². The molecule has 3 aromatic rings. The molecule has 0 N–H and O–H groups in total. The van der Waals surface area contributed by atoms with Gasteiger partial charge in [-0.25, -0.2) is 9.48 Å². The molecule has 2 aromatic carbocycles. The minimum absolute atomic E-state index is 0.224. The normalized spacial score (nSPS) is 12.7. The third-order valence-electron chi connectivity index (χ3n) is 4.57. The first kappa shape index (κ1) is 19.8. The first-order valence-electron chi connectivity index (χ1n) is 8.87. The van der Waals surface area contributed by atoms with Crippen LogP contribution in [0.5, 0.6) is 0 Å². The number of para-hydroxylation sites is 1. The van der Waals surface area contributed by atoms with Crippen molar-refractivity contribution in [3.63, 3.8) is 0 Å². The van der Waals surface area contributed by atoms with Crippen LogP contribution in [0.25, 0.3) is 5.69 Å². The van der Waals surface area contributed by atoms with E-state index >= 15 is 0 Å². The summed E-state index contributed by atoms with van der Waals surface area (Å²) in [7, 11) is 0. The molecule has 0 saturated carbocycles. The number of hydrogen-bond acceptors (Lipinski definition) is 7. The minimum atomic E-state index is -0.538. The molecular formula is C20H17N3O3S3. The van der Waals surface area contributed by atoms with E-state index < -0.39 is 5.97 Å². The highest BCUT2D eigenvalue weighted by molar-refractivity contribution is 8.00. The lowest BCUT2D eigenvalue weighted by molar-refractivity contribution is -0.121. The number of nitrogens with zero attached hydrogens (tertiary/aromatic N) is 3. The van der Waals surface area contributed by atoms with Gasteiger partial charge < -0.3 is 9.64 Å². The van der Waals surface area contributed by atoms with Gasteiger partial charge in [-0.05, 0) is 60.8 Å². The molecule has 4 rings (SSSR count). The number of hydrogen-bond donors (Lipinski definition) is 0. The zero-order chi connectivity index (χ0) is 20.4. The van der Waals surface area contributed by atoms with Crippen LogP contribution in [0.3, 0.4) is 0 Å². The molecule has 29 heavy (non-hydrogen) atoms. The maximum absolute atomic E-state index is 12.5. The summed E-state index contributed by atoms with van der Waals surface area (Å²) < 4.78 is 8.41. The molecule has 1 aliphatic heterocycles. The van der Waals surface area contributed by atoms with Crippen LogP contribution >= 0.6 is 35.3 Å². The number of anilines is 1. The lowest BCUT2D eigenvalue weighted by Crippen LogP contribution is -2.33. The molecule has 0 atom stereocenters. The number of fused-ring (bicyclic) bond motifs is 1. The van der Waals surface area contributed by atoms with Gasteiger partial charge in [0, 0.05) is 12.2 Å². The molecule has 1 aromatic heterocycles. The Morgan fingerprint density at radius 2 is 1.97 bits per heavy atom. The van der Waals surface area contributed by atoms with Gasteiger partial charge in [0.15, 0.2) is 14.9 Å². The van der Waals surface area contributed by atoms with Crippen LogP contribution in [0.1, 0.15) is 15.9 Å². The van der Waals surface area contributed by atoms with Gasteiger partial charge in [0.25, 0.3) is 5.91 Å². The smallest absolute Gasteiger partial charge is 0.338 e. The summed E-state index contributed by atoms with van der Waals surface area (Å²) in [5.74, 6) is -0.762. The van der Waals surface area contributed by atoms with E-state index in [-0.39, 0.29) is 12.5 Å². The second kappa shape index (κ2) is 8.48. The summed E-state index contributed by atoms with van der Waals surface area (Å²) in [6.45, 7) is 0.319. The van der Waals surface area contributed by atoms with Gasteiger partial charge in [-0.3, -0.25) is 4.79 Å². The highest BCUT2D eigenvalue weighted by Crippen LogP contribution is 2.27. The van der Waals surface area contributed by atoms with E-state index in [2.05, 4.69) is 5.10 Å². The Kier molecular flexibility index (Phi) is 5.79. The van der Waals surface area contributed by atoms with Gasteiger partial charge in [-0.1, -0.05) is 41.3 Å². The molecular weight excluding hydrogens is 426 g/mol. The van der Waals surface area contributed by atoms with Gasteiger partial charge in [0.2, 0.25) is 0 Å². The number of aromatic nitrogens is 2. The van der Waals surface area contributed by atoms with Gasteiger partial charge >= 0.3 is 5.97 Å². The average molecular weight is 444 g/mol. The van der Waals surface area contributed by atoms with E-state index in [1.165, 1.54) is 23.1 Å². The van der Waals surface area contributed by atoms with Gasteiger partial charge in [-0.2, -0.15) is 0 Å². The predicted octanol–water partition coefficient (Wildman–Crippen LogP) is 4.13. The van der Waals surface area contributed by atoms with Crippen molar-refractivity contribution < 1.29 is 14.3 Å². The maximum atomic E-state index is 12.5. The molecule has 0 radical (unpaired) electrons. The Labute approximate surface area is 181 Å². The largest absolute Gasteiger partial charge is 0.452 e. The van der Waals surface area contributed by atoms with Crippen LogP contribution in [0.15, 0.2) is 52.9 Å². The number of carbonyl (C=O) groups is 2. The van der Waals surface area contributed by atoms with Crippen molar-refractivity contribution in [1.29, 1.82) is 0 Å². The summed E-state index contributed by atoms with van der Waals surface area (Å²) in [6.07, 6.45) is 2.76. The third-order valence-corrected chi connectivity index (χ3v) is 6.77. The molecule has 2 heterocycles. The zero-order valence-corrected chi connectivity index (χ0v) is 18.0. The number of benzene rings is 2. The van der Waals surface area contributed by atoms with Crippen molar-refractivity contribution in [3.8, 4) is 5.69 Å². The van der Waals surface area contributed by atoms with E-state index in [9.17, 15) is 9.59 Å². The SMILES string of the molecule is CSc1nn(-c2ccc(C(=O)OCC(=O)N3CCc4ccccc43)cc2)c(=S)s1. The van der Waals surface area contributed by atoms with Crippen LogP contribution in [-0.2, 0) is 16.0 Å². The number of rotatable bonds is 5. The standard InChI is InChI=1S/C20H17N3O3S3/c1-28-19-21-23(20(27)29-19)15-8-6-14(7-9-15)18(25)26-12-17(24)22-11-10-13-4-2-3-5-16(13)22/h2-9H,10-12H2,1H3. The van der Waals surface area contributed by atoms with Crippen LogP contribution in [-0.4, -0.2) is 41.1 Å². The third kappa shape index (κ3) is 4.12. The van der Waals surface area contributed by atoms with Crippen LogP contribution in [0.2, 0.25) is 0 Å². The lowest BCUT2D eigenvalue weighted by Gasteiger charge is -2.17. The van der Waals surface area contributed by atoms with Crippen LogP contribution in [0, 0.1) is 3.95 Å². The monoisotopic (exact) mass is 443 g/mol. The summed E-state index contributed by atoms with van der Waals surface area (Å²) in [5, 5.41) is 4.42. The Balaban J connectivity index is 1.39. The molecule has 0 aliphatic carbocycles. The van der Waals surface area contributed by atoms with Crippen molar-refractivity contribution in [3.05, 3.63) is 63.6 Å². The molecule has 0 spiro atoms. The molecule has 0 bridgehead atoms. The molecule has 148 valence electrons. The van der Waals surface area contributed by atoms with Gasteiger partial charge in [0.05, 0.1) is 11.3 Å². The summed E-state index contributed by atoms with van der Waals surface area (Å²) in [6, 6.07) is 14.6. The second-order valence-electron chi connectivity index (χ2n) is 6.30. The number of amides is 1. The molecule has 0 saturated heterocycles. The summed E-state index contributed by atoms with van der Waals surface area (Å²) in [5.41, 5.74) is 3.17. The predicted molar refractivity (Wildman–Crippen MR) is 117 cm³/mol. The fraction of sp³-hybridized carbons (Fsp3) is 0.200. The van der Waals surface area contributed by atoms with E-state index in [0.717, 1.165) is 27.7 Å². The minimum Gasteiger partial charge on any atom is -0.452 e. The molecule has 1 amide bonds. The Bertz CT molecular complexity index is 1120. The van der Waals surface area contributed by atoms with E-state index in [1.807, 2.05) is 30.5 Å². The van der Waals surface area contributed by atoms with Crippen LogP contribution in [0.4, 0.5) is 5.69 Å². The summed E-state index contributed by atoms with van der Waals surface area (Å²) >= 11 is 8.29. The Morgan fingerprint density at radius 3 is 2.69 bits per heavy atom. The van der Waals surface area contributed by atoms with E-state index in [0.29, 0.717) is 16.1 Å². The summed E-state index contributed by atoms with van der Waals surface area (Å²) in [4.78, 5) is 26.5. The topological polar surface area (TPSA) is 64.4 Å².